The fourth-order valence-electron chi connectivity index (χ4n) is 6.01. The number of aromatic nitrogens is 3. The van der Waals surface area contributed by atoms with Crippen LogP contribution in [-0.4, -0.2) is 31.3 Å². The fourth-order valence-corrected chi connectivity index (χ4v) is 6.01. The van der Waals surface area contributed by atoms with Gasteiger partial charge in [-0.1, -0.05) is 19.8 Å². The highest BCUT2D eigenvalue weighted by Crippen LogP contribution is 2.38. The van der Waals surface area contributed by atoms with Crippen LogP contribution in [0.3, 0.4) is 0 Å². The van der Waals surface area contributed by atoms with Crippen molar-refractivity contribution in [2.45, 2.75) is 71.8 Å². The first-order chi connectivity index (χ1) is 23.4. The van der Waals surface area contributed by atoms with Crippen molar-refractivity contribution in [1.29, 1.82) is 0 Å². The quantitative estimate of drug-likeness (QED) is 0.124. The molecule has 50 heavy (non-hydrogen) atoms. The Kier molecular flexibility index (Phi) is 11.3. The molecular formula is C36H34F6N4O4. The van der Waals surface area contributed by atoms with Crippen LogP contribution < -0.4 is 10.9 Å². The van der Waals surface area contributed by atoms with Gasteiger partial charge in [0, 0.05) is 42.3 Å². The van der Waals surface area contributed by atoms with Crippen LogP contribution in [0.25, 0.3) is 11.1 Å². The molecule has 0 fully saturated rings. The second-order valence-electron chi connectivity index (χ2n) is 12.4. The smallest absolute Gasteiger partial charge is 0.416 e. The van der Waals surface area contributed by atoms with Gasteiger partial charge in [0.05, 0.1) is 23.6 Å². The predicted octanol–water partition coefficient (Wildman–Crippen LogP) is 6.91. The van der Waals surface area contributed by atoms with Gasteiger partial charge in [0.2, 0.25) is 5.91 Å². The molecule has 8 nitrogen and oxygen atoms in total. The maximum atomic E-state index is 16.4. The molecular weight excluding hydrogens is 666 g/mol. The van der Waals surface area contributed by atoms with Gasteiger partial charge in [-0.15, -0.1) is 6.42 Å². The third-order valence-electron chi connectivity index (χ3n) is 8.17. The van der Waals surface area contributed by atoms with E-state index in [-0.39, 0.29) is 53.1 Å². The van der Waals surface area contributed by atoms with Crippen LogP contribution in [0.2, 0.25) is 0 Å². The number of alkyl halides is 3. The van der Waals surface area contributed by atoms with E-state index in [0.717, 1.165) is 29.0 Å². The van der Waals surface area contributed by atoms with E-state index in [2.05, 4.69) is 16.3 Å². The molecule has 0 aliphatic carbocycles. The first-order valence-electron chi connectivity index (χ1n) is 15.5. The van der Waals surface area contributed by atoms with E-state index < -0.39 is 76.3 Å². The number of benzene rings is 2. The van der Waals surface area contributed by atoms with Crippen LogP contribution in [0.1, 0.15) is 72.2 Å². The number of hydrogen-bond acceptors (Lipinski definition) is 4. The lowest BCUT2D eigenvalue weighted by molar-refractivity contribution is -0.139. The van der Waals surface area contributed by atoms with E-state index in [1.807, 2.05) is 0 Å². The molecule has 2 aromatic heterocycles. The first-order valence-corrected chi connectivity index (χ1v) is 15.5. The van der Waals surface area contributed by atoms with Crippen LogP contribution in [0, 0.1) is 49.6 Å². The predicted molar refractivity (Wildman–Crippen MR) is 172 cm³/mol. The topological polar surface area (TPSA) is 106 Å². The number of carboxylic acid groups (broad SMARTS) is 1. The van der Waals surface area contributed by atoms with Crippen LogP contribution in [0.4, 0.5) is 26.3 Å². The summed E-state index contributed by atoms with van der Waals surface area (Å²) in [6.45, 7) is 6.34. The van der Waals surface area contributed by atoms with E-state index in [4.69, 9.17) is 6.42 Å². The summed E-state index contributed by atoms with van der Waals surface area (Å²) in [6.07, 6.45) is 3.14. The third kappa shape index (κ3) is 8.27. The number of carboxylic acids is 1. The fraction of sp³-hybridized carbons (Fsp3) is 0.333. The highest BCUT2D eigenvalue weighted by atomic mass is 19.4. The van der Waals surface area contributed by atoms with Gasteiger partial charge in [-0.25, -0.2) is 13.2 Å². The number of carbonyl (C=O) groups excluding carboxylic acids is 1. The Bertz CT molecular complexity index is 1990. The Labute approximate surface area is 283 Å². The molecule has 2 N–H and O–H groups in total. The van der Waals surface area contributed by atoms with E-state index >= 15 is 8.78 Å². The number of aryl methyl sites for hydroxylation is 4. The molecule has 14 heteroatoms. The molecule has 0 saturated heterocycles. The molecule has 4 aromatic rings. The van der Waals surface area contributed by atoms with Crippen molar-refractivity contribution in [1.82, 2.24) is 19.7 Å². The van der Waals surface area contributed by atoms with Gasteiger partial charge in [0.25, 0.3) is 5.56 Å². The number of halogens is 6. The molecule has 0 bridgehead atoms. The normalized spacial score (nSPS) is 12.8. The van der Waals surface area contributed by atoms with E-state index in [1.165, 1.54) is 24.7 Å². The number of terminal acetylenes is 1. The highest BCUT2D eigenvalue weighted by Gasteiger charge is 2.36. The molecule has 0 radical (unpaired) electrons. The second kappa shape index (κ2) is 15.1. The Balaban J connectivity index is 1.85. The minimum Gasteiger partial charge on any atom is -0.481 e. The molecule has 0 saturated carbocycles. The average molecular weight is 701 g/mol. The minimum absolute atomic E-state index is 0.00935. The number of amides is 1. The number of aliphatic carboxylic acids is 1. The number of nitrogens with zero attached hydrogens (tertiary/aromatic N) is 3. The van der Waals surface area contributed by atoms with E-state index in [0.29, 0.717) is 6.07 Å². The van der Waals surface area contributed by atoms with Crippen molar-refractivity contribution in [3.05, 3.63) is 110 Å². The van der Waals surface area contributed by atoms with E-state index in [1.54, 1.807) is 26.1 Å². The number of pyridine rings is 1. The van der Waals surface area contributed by atoms with Crippen molar-refractivity contribution < 1.29 is 41.0 Å². The number of rotatable bonds is 12. The highest BCUT2D eigenvalue weighted by molar-refractivity contribution is 5.82. The monoisotopic (exact) mass is 700 g/mol. The maximum Gasteiger partial charge on any atom is 0.416 e. The van der Waals surface area contributed by atoms with Crippen LogP contribution in [-0.2, 0) is 28.7 Å². The summed E-state index contributed by atoms with van der Waals surface area (Å²) in [5.41, 5.74) is -3.62. The molecule has 2 atom stereocenters. The summed E-state index contributed by atoms with van der Waals surface area (Å²) in [5.74, 6) is -4.09. The van der Waals surface area contributed by atoms with Crippen molar-refractivity contribution >= 4 is 11.9 Å². The Hall–Kier alpha value is -5.32. The standard InChI is InChI=1S/C36H34F6N4O4/c1-6-22-15-25(31-20(4)13-24(37)14-21(31)5)34(39)32(33(22)38)27(17-30(48)49)44-35(50)28(12-19(2)3)46-18-23(8-11-45-10-7-9-43-45)26(16-29(46)47)36(40,41)42/h1,7,9-10,13-16,18-19,27-28H,8,11-12,17H2,2-5H3,(H,44,50)(H,48,49)/t27-,28-/m0/s1. The van der Waals surface area contributed by atoms with Crippen LogP contribution >= 0.6 is 0 Å². The lowest BCUT2D eigenvalue weighted by Gasteiger charge is -2.27. The number of nitrogens with one attached hydrogen (secondary N) is 1. The largest absolute Gasteiger partial charge is 0.481 e. The SMILES string of the molecule is C#Cc1cc(-c2c(C)cc(F)cc2C)c(F)c([C@H](CC(=O)O)NC(=O)[C@H](CC(C)C)n2cc(CCn3cccn3)c(C(F)(F)F)cc2=O)c1F. The Morgan fingerprint density at radius 1 is 1.06 bits per heavy atom. The molecule has 1 amide bonds. The lowest BCUT2D eigenvalue weighted by atomic mass is 9.89. The molecule has 2 heterocycles. The zero-order valence-electron chi connectivity index (χ0n) is 27.5. The molecule has 0 aliphatic heterocycles. The van der Waals surface area contributed by atoms with Gasteiger partial charge in [-0.05, 0) is 79.1 Å². The molecule has 0 aliphatic rings. The summed E-state index contributed by atoms with van der Waals surface area (Å²) in [5, 5.41) is 16.1. The summed E-state index contributed by atoms with van der Waals surface area (Å²) < 4.78 is 90.7. The summed E-state index contributed by atoms with van der Waals surface area (Å²) >= 11 is 0. The Morgan fingerprint density at radius 2 is 1.72 bits per heavy atom. The van der Waals surface area contributed by atoms with Gasteiger partial charge in [0.1, 0.15) is 23.5 Å². The molecule has 0 spiro atoms. The van der Waals surface area contributed by atoms with E-state index in [9.17, 15) is 37.1 Å². The Morgan fingerprint density at radius 3 is 2.26 bits per heavy atom. The van der Waals surface area contributed by atoms with Crippen molar-refractivity contribution in [2.24, 2.45) is 5.92 Å². The van der Waals surface area contributed by atoms with Gasteiger partial charge < -0.3 is 15.0 Å². The summed E-state index contributed by atoms with van der Waals surface area (Å²) in [7, 11) is 0. The molecule has 0 unspecified atom stereocenters. The van der Waals surface area contributed by atoms with Gasteiger partial charge >= 0.3 is 12.1 Å². The van der Waals surface area contributed by atoms with Gasteiger partial charge in [0.15, 0.2) is 0 Å². The number of hydrogen-bond donors (Lipinski definition) is 2. The first kappa shape index (κ1) is 37.5. The maximum absolute atomic E-state index is 16.4. The summed E-state index contributed by atoms with van der Waals surface area (Å²) in [4.78, 5) is 39.2. The molecule has 4 rings (SSSR count). The van der Waals surface area contributed by atoms with Crippen LogP contribution in [0.5, 0.6) is 0 Å². The van der Waals surface area contributed by atoms with Gasteiger partial charge in [-0.3, -0.25) is 19.1 Å². The van der Waals surface area contributed by atoms with Crippen LogP contribution in [0.15, 0.2) is 53.7 Å². The third-order valence-corrected chi connectivity index (χ3v) is 8.17. The van der Waals surface area contributed by atoms with Crippen molar-refractivity contribution in [2.75, 3.05) is 0 Å². The zero-order chi connectivity index (χ0) is 37.1. The van der Waals surface area contributed by atoms with Crippen molar-refractivity contribution in [3.8, 4) is 23.5 Å². The molecule has 2 aromatic carbocycles. The minimum atomic E-state index is -4.91. The number of carbonyl (C=O) groups is 2. The average Bonchev–Trinajstić information content (AvgIpc) is 3.53. The lowest BCUT2D eigenvalue weighted by Crippen LogP contribution is -2.41. The van der Waals surface area contributed by atoms with Crippen molar-refractivity contribution in [3.63, 3.8) is 0 Å². The zero-order valence-corrected chi connectivity index (χ0v) is 27.5. The summed E-state index contributed by atoms with van der Waals surface area (Å²) in [6, 6.07) is 1.81. The second-order valence-corrected chi connectivity index (χ2v) is 12.4. The molecule has 264 valence electrons. The van der Waals surface area contributed by atoms with Gasteiger partial charge in [-0.2, -0.15) is 18.3 Å².